The molecule has 0 unspecified atom stereocenters. The molecule has 0 N–H and O–H groups in total. The first-order valence-corrected chi connectivity index (χ1v) is 9.99. The Hall–Kier alpha value is -2.04. The molecule has 4 nitrogen and oxygen atoms in total. The van der Waals surface area contributed by atoms with Crippen LogP contribution in [0.25, 0.3) is 0 Å². The zero-order valence-corrected chi connectivity index (χ0v) is 17.6. The molecule has 0 amide bonds. The number of benzene rings is 1. The lowest BCUT2D eigenvalue weighted by Crippen LogP contribution is -2.28. The predicted octanol–water partition coefficient (Wildman–Crippen LogP) is 5.22. The van der Waals surface area contributed by atoms with Gasteiger partial charge in [0.2, 0.25) is 0 Å². The lowest BCUT2D eigenvalue weighted by molar-refractivity contribution is -0.143. The maximum absolute atomic E-state index is 11.6. The van der Waals surface area contributed by atoms with Crippen LogP contribution in [0.15, 0.2) is 60.2 Å². The quantitative estimate of drug-likeness (QED) is 0.304. The van der Waals surface area contributed by atoms with Gasteiger partial charge < -0.3 is 14.2 Å². The number of methoxy groups -OCH3 is 1. The maximum Gasteiger partial charge on any atom is 0.331 e. The first-order valence-electron chi connectivity index (χ1n) is 9.45. The third-order valence-electron chi connectivity index (χ3n) is 4.88. The highest BCUT2D eigenvalue weighted by Crippen LogP contribution is 2.24. The van der Waals surface area contributed by atoms with Crippen LogP contribution in [0, 0.1) is 5.92 Å². The van der Waals surface area contributed by atoms with E-state index in [-0.39, 0.29) is 24.1 Å². The third-order valence-corrected chi connectivity index (χ3v) is 5.26. The number of carbonyl (C=O) groups excluding carboxylic acids is 1. The normalized spacial score (nSPS) is 20.6. The molecule has 1 aromatic carbocycles. The Morgan fingerprint density at radius 2 is 2.07 bits per heavy atom. The van der Waals surface area contributed by atoms with Gasteiger partial charge in [0, 0.05) is 17.9 Å². The van der Waals surface area contributed by atoms with Crippen LogP contribution in [0.5, 0.6) is 5.75 Å². The number of cyclic esters (lactones) is 1. The van der Waals surface area contributed by atoms with E-state index in [4.69, 9.17) is 25.8 Å². The van der Waals surface area contributed by atoms with Crippen LogP contribution >= 0.6 is 11.6 Å². The van der Waals surface area contributed by atoms with Gasteiger partial charge in [-0.15, -0.1) is 11.6 Å². The predicted molar refractivity (Wildman–Crippen MR) is 113 cm³/mol. The monoisotopic (exact) mass is 404 g/mol. The molecule has 28 heavy (non-hydrogen) atoms. The topological polar surface area (TPSA) is 44.8 Å². The summed E-state index contributed by atoms with van der Waals surface area (Å²) in [6, 6.07) is 7.81. The minimum Gasteiger partial charge on any atom is -0.497 e. The summed E-state index contributed by atoms with van der Waals surface area (Å²) in [6.07, 6.45) is 6.62. The van der Waals surface area contributed by atoms with E-state index in [0.29, 0.717) is 25.3 Å². The van der Waals surface area contributed by atoms with Crippen molar-refractivity contribution < 1.29 is 19.0 Å². The van der Waals surface area contributed by atoms with Gasteiger partial charge in [0.15, 0.2) is 0 Å². The van der Waals surface area contributed by atoms with Crippen LogP contribution in [-0.2, 0) is 20.9 Å². The molecule has 5 heteroatoms. The molecule has 1 aliphatic rings. The van der Waals surface area contributed by atoms with Crippen molar-refractivity contribution in [3.8, 4) is 5.75 Å². The Morgan fingerprint density at radius 3 is 2.71 bits per heavy atom. The van der Waals surface area contributed by atoms with Crippen LogP contribution in [0.4, 0.5) is 0 Å². The SMILES string of the molecule is C=C(CCl)C[C@H](C/C=C/[C@@H]1OC(=O)C=C(C)[C@H]1C)OCc1ccc(OC)cc1. The van der Waals surface area contributed by atoms with Gasteiger partial charge in [0.25, 0.3) is 0 Å². The minimum absolute atomic E-state index is 0.0455. The lowest BCUT2D eigenvalue weighted by Gasteiger charge is -2.26. The van der Waals surface area contributed by atoms with Gasteiger partial charge in [-0.3, -0.25) is 0 Å². The van der Waals surface area contributed by atoms with E-state index < -0.39 is 0 Å². The fourth-order valence-electron chi connectivity index (χ4n) is 2.94. The van der Waals surface area contributed by atoms with Gasteiger partial charge in [-0.1, -0.05) is 42.9 Å². The van der Waals surface area contributed by atoms with Crippen LogP contribution in [0.2, 0.25) is 0 Å². The highest BCUT2D eigenvalue weighted by Gasteiger charge is 2.25. The maximum atomic E-state index is 11.6. The molecule has 0 fully saturated rings. The van der Waals surface area contributed by atoms with Gasteiger partial charge in [-0.2, -0.15) is 0 Å². The summed E-state index contributed by atoms with van der Waals surface area (Å²) in [5, 5.41) is 0. The Balaban J connectivity index is 1.95. The summed E-state index contributed by atoms with van der Waals surface area (Å²) in [4.78, 5) is 11.6. The van der Waals surface area contributed by atoms with Crippen molar-refractivity contribution in [2.24, 2.45) is 5.92 Å². The molecule has 0 aliphatic carbocycles. The molecule has 3 atom stereocenters. The number of alkyl halides is 1. The van der Waals surface area contributed by atoms with E-state index >= 15 is 0 Å². The summed E-state index contributed by atoms with van der Waals surface area (Å²) >= 11 is 5.90. The van der Waals surface area contributed by atoms with Crippen LogP contribution in [0.1, 0.15) is 32.3 Å². The van der Waals surface area contributed by atoms with E-state index in [2.05, 4.69) is 13.5 Å². The molecule has 0 saturated heterocycles. The smallest absolute Gasteiger partial charge is 0.331 e. The Bertz CT molecular complexity index is 721. The van der Waals surface area contributed by atoms with Gasteiger partial charge in [-0.25, -0.2) is 4.79 Å². The van der Waals surface area contributed by atoms with Crippen LogP contribution in [-0.4, -0.2) is 31.2 Å². The average Bonchev–Trinajstić information content (AvgIpc) is 2.69. The largest absolute Gasteiger partial charge is 0.497 e. The molecule has 2 rings (SSSR count). The molecule has 0 spiro atoms. The second-order valence-corrected chi connectivity index (χ2v) is 7.38. The first-order chi connectivity index (χ1) is 13.4. The molecule has 152 valence electrons. The zero-order valence-electron chi connectivity index (χ0n) is 16.8. The van der Waals surface area contributed by atoms with Crippen molar-refractivity contribution in [2.45, 2.75) is 45.5 Å². The molecule has 0 aromatic heterocycles. The average molecular weight is 405 g/mol. The molecule has 1 aromatic rings. The van der Waals surface area contributed by atoms with Crippen LogP contribution < -0.4 is 4.74 Å². The van der Waals surface area contributed by atoms with E-state index in [9.17, 15) is 4.79 Å². The molecule has 1 aliphatic heterocycles. The molecule has 1 heterocycles. The highest BCUT2D eigenvalue weighted by atomic mass is 35.5. The number of esters is 1. The summed E-state index contributed by atoms with van der Waals surface area (Å²) in [5.74, 6) is 1.12. The van der Waals surface area contributed by atoms with Gasteiger partial charge >= 0.3 is 5.97 Å². The van der Waals surface area contributed by atoms with Crippen molar-refractivity contribution in [2.75, 3.05) is 13.0 Å². The zero-order chi connectivity index (χ0) is 20.5. The fourth-order valence-corrected chi connectivity index (χ4v) is 3.05. The van der Waals surface area contributed by atoms with Gasteiger partial charge in [0.1, 0.15) is 11.9 Å². The third kappa shape index (κ3) is 6.84. The van der Waals surface area contributed by atoms with Crippen molar-refractivity contribution in [1.82, 2.24) is 0 Å². The number of halogens is 1. The molecule has 0 bridgehead atoms. The number of hydrogen-bond donors (Lipinski definition) is 0. The standard InChI is InChI=1S/C23H29ClO4/c1-16(14-24)12-21(27-15-19-8-10-20(26-4)11-9-19)6-5-7-22-18(3)17(2)13-23(25)28-22/h5,7-11,13,18,21-22H,1,6,12,14-15H2,2-4H3/b7-5+/t18-,21+,22+/m1/s1. The Kier molecular flexibility index (Phi) is 8.81. The number of carbonyl (C=O) groups is 1. The summed E-state index contributed by atoms with van der Waals surface area (Å²) < 4.78 is 16.7. The fraction of sp³-hybridized carbons (Fsp3) is 0.435. The minimum atomic E-state index is -0.284. The number of rotatable bonds is 10. The van der Waals surface area contributed by atoms with Crippen molar-refractivity contribution in [3.63, 3.8) is 0 Å². The highest BCUT2D eigenvalue weighted by molar-refractivity contribution is 6.19. The molecular weight excluding hydrogens is 376 g/mol. The second-order valence-electron chi connectivity index (χ2n) is 7.11. The van der Waals surface area contributed by atoms with E-state index in [1.54, 1.807) is 13.2 Å². The summed E-state index contributed by atoms with van der Waals surface area (Å²) in [7, 11) is 1.65. The molecular formula is C23H29ClO4. The van der Waals surface area contributed by atoms with Gasteiger partial charge in [0.05, 0.1) is 19.8 Å². The Morgan fingerprint density at radius 1 is 1.36 bits per heavy atom. The summed E-state index contributed by atoms with van der Waals surface area (Å²) in [6.45, 7) is 8.50. The van der Waals surface area contributed by atoms with Crippen molar-refractivity contribution >= 4 is 17.6 Å². The first kappa shape index (κ1) is 22.3. The van der Waals surface area contributed by atoms with Crippen LogP contribution in [0.3, 0.4) is 0 Å². The van der Waals surface area contributed by atoms with E-state index in [1.807, 2.05) is 43.3 Å². The molecule has 0 radical (unpaired) electrons. The lowest BCUT2D eigenvalue weighted by atomic mass is 9.93. The van der Waals surface area contributed by atoms with E-state index in [0.717, 1.165) is 22.5 Å². The summed E-state index contributed by atoms with van der Waals surface area (Å²) in [5.41, 5.74) is 3.04. The number of ether oxygens (including phenoxy) is 3. The Labute approximate surface area is 172 Å². The van der Waals surface area contributed by atoms with E-state index in [1.165, 1.54) is 0 Å². The number of hydrogen-bond acceptors (Lipinski definition) is 4. The van der Waals surface area contributed by atoms with Gasteiger partial charge in [-0.05, 0) is 43.5 Å². The van der Waals surface area contributed by atoms with Crippen molar-refractivity contribution in [3.05, 3.63) is 65.8 Å². The second kappa shape index (κ2) is 11.1. The molecule has 0 saturated carbocycles. The van der Waals surface area contributed by atoms with Crippen molar-refractivity contribution in [1.29, 1.82) is 0 Å².